The molecule has 7 nitrogen and oxygen atoms in total. The fourth-order valence-corrected chi connectivity index (χ4v) is 3.04. The molecule has 0 unspecified atom stereocenters. The van der Waals surface area contributed by atoms with Gasteiger partial charge in [-0.15, -0.1) is 11.3 Å². The Bertz CT molecular complexity index is 927. The summed E-state index contributed by atoms with van der Waals surface area (Å²) in [6.07, 6.45) is 0.126. The molecule has 1 aromatic heterocycles. The van der Waals surface area contributed by atoms with E-state index in [1.165, 1.54) is 18.4 Å². The Morgan fingerprint density at radius 1 is 1.00 bits per heavy atom. The molecule has 0 aliphatic rings. The monoisotopic (exact) mass is 382 g/mol. The molecular weight excluding hydrogens is 364 g/mol. The van der Waals surface area contributed by atoms with Crippen molar-refractivity contribution in [2.75, 3.05) is 23.1 Å². The predicted octanol–water partition coefficient (Wildman–Crippen LogP) is 3.98. The Balaban J connectivity index is 1.54. The minimum absolute atomic E-state index is 0.126. The van der Waals surface area contributed by atoms with E-state index in [0.717, 1.165) is 5.69 Å². The molecule has 3 amide bonds. The number of rotatable bonds is 6. The summed E-state index contributed by atoms with van der Waals surface area (Å²) in [6.45, 7) is 0. The zero-order valence-corrected chi connectivity index (χ0v) is 15.4. The Morgan fingerprint density at radius 3 is 2.52 bits per heavy atom. The topological polar surface area (TPSA) is 92.3 Å². The number of benzene rings is 2. The van der Waals surface area contributed by atoms with Gasteiger partial charge in [0.25, 0.3) is 0 Å². The second-order valence-electron chi connectivity index (χ2n) is 5.51. The number of para-hydroxylation sites is 3. The summed E-state index contributed by atoms with van der Waals surface area (Å²) in [5.74, 6) is 0.390. The van der Waals surface area contributed by atoms with Gasteiger partial charge in [-0.25, -0.2) is 9.78 Å². The van der Waals surface area contributed by atoms with Crippen LogP contribution in [0.25, 0.3) is 0 Å². The second-order valence-corrected chi connectivity index (χ2v) is 6.37. The number of hydrogen-bond donors (Lipinski definition) is 3. The average Bonchev–Trinajstić information content (AvgIpc) is 3.09. The van der Waals surface area contributed by atoms with Crippen molar-refractivity contribution in [3.63, 3.8) is 0 Å². The molecule has 3 N–H and O–H groups in total. The quantitative estimate of drug-likeness (QED) is 0.601. The van der Waals surface area contributed by atoms with E-state index in [1.54, 1.807) is 23.6 Å². The van der Waals surface area contributed by atoms with Crippen LogP contribution >= 0.6 is 11.3 Å². The van der Waals surface area contributed by atoms with Crippen LogP contribution < -0.4 is 20.7 Å². The highest BCUT2D eigenvalue weighted by atomic mass is 32.1. The number of ether oxygens (including phenoxy) is 1. The molecule has 0 spiro atoms. The van der Waals surface area contributed by atoms with E-state index in [9.17, 15) is 9.59 Å². The molecule has 0 saturated heterocycles. The molecule has 8 heteroatoms. The van der Waals surface area contributed by atoms with Gasteiger partial charge in [-0.2, -0.15) is 0 Å². The Labute approximate surface area is 160 Å². The summed E-state index contributed by atoms with van der Waals surface area (Å²) in [5.41, 5.74) is 1.87. The van der Waals surface area contributed by atoms with Crippen molar-refractivity contribution in [2.45, 2.75) is 6.42 Å². The maximum absolute atomic E-state index is 12.1. The van der Waals surface area contributed by atoms with Crippen LogP contribution in [-0.4, -0.2) is 24.0 Å². The second kappa shape index (κ2) is 8.81. The normalized spacial score (nSPS) is 10.1. The van der Waals surface area contributed by atoms with Crippen molar-refractivity contribution in [3.8, 4) is 5.75 Å². The van der Waals surface area contributed by atoms with Crippen molar-refractivity contribution >= 4 is 39.8 Å². The summed E-state index contributed by atoms with van der Waals surface area (Å²) in [6, 6.07) is 15.9. The Hall–Kier alpha value is -3.39. The molecule has 0 aliphatic heterocycles. The maximum Gasteiger partial charge on any atom is 0.325 e. The number of thiazole rings is 1. The molecular formula is C19H18N4O3S. The lowest BCUT2D eigenvalue weighted by Crippen LogP contribution is -2.20. The molecule has 0 radical (unpaired) electrons. The lowest BCUT2D eigenvalue weighted by atomic mass is 10.3. The molecule has 3 aromatic rings. The maximum atomic E-state index is 12.1. The first-order valence-electron chi connectivity index (χ1n) is 8.14. The number of hydrogen-bond acceptors (Lipinski definition) is 5. The number of anilines is 3. The molecule has 27 heavy (non-hydrogen) atoms. The number of aromatic nitrogens is 1. The van der Waals surface area contributed by atoms with Crippen molar-refractivity contribution in [3.05, 3.63) is 65.7 Å². The summed E-state index contributed by atoms with van der Waals surface area (Å²) in [5, 5.41) is 10.3. The summed E-state index contributed by atoms with van der Waals surface area (Å²) < 4.78 is 5.19. The molecule has 2 aromatic carbocycles. The molecule has 0 bridgehead atoms. The van der Waals surface area contributed by atoms with Crippen LogP contribution in [0.2, 0.25) is 0 Å². The van der Waals surface area contributed by atoms with Gasteiger partial charge in [0.1, 0.15) is 5.75 Å². The summed E-state index contributed by atoms with van der Waals surface area (Å²) >= 11 is 1.25. The van der Waals surface area contributed by atoms with E-state index < -0.39 is 6.03 Å². The average molecular weight is 382 g/mol. The molecule has 0 atom stereocenters. The van der Waals surface area contributed by atoms with Gasteiger partial charge < -0.3 is 15.4 Å². The first kappa shape index (κ1) is 18.4. The summed E-state index contributed by atoms with van der Waals surface area (Å²) in [7, 11) is 1.53. The molecule has 3 rings (SSSR count). The number of carbonyl (C=O) groups excluding carboxylic acids is 2. The number of carbonyl (C=O) groups is 2. The lowest BCUT2D eigenvalue weighted by Gasteiger charge is -2.09. The van der Waals surface area contributed by atoms with Gasteiger partial charge >= 0.3 is 6.03 Å². The standard InChI is InChI=1S/C19H18N4O3S/c1-26-16-10-6-5-9-15(16)22-18(25)23-19-21-14(12-27-19)11-17(24)20-13-7-3-2-4-8-13/h2-10,12H,11H2,1H3,(H,20,24)(H2,21,22,23,25). The zero-order valence-electron chi connectivity index (χ0n) is 14.6. The van der Waals surface area contributed by atoms with E-state index in [4.69, 9.17) is 4.74 Å². The number of nitrogens with one attached hydrogen (secondary N) is 3. The minimum Gasteiger partial charge on any atom is -0.495 e. The fourth-order valence-electron chi connectivity index (χ4n) is 2.34. The summed E-state index contributed by atoms with van der Waals surface area (Å²) in [4.78, 5) is 28.5. The lowest BCUT2D eigenvalue weighted by molar-refractivity contribution is -0.115. The third kappa shape index (κ3) is 5.29. The van der Waals surface area contributed by atoms with Crippen LogP contribution in [0.5, 0.6) is 5.75 Å². The smallest absolute Gasteiger partial charge is 0.325 e. The molecule has 0 saturated carbocycles. The van der Waals surface area contributed by atoms with Gasteiger partial charge in [-0.3, -0.25) is 10.1 Å². The Kier molecular flexibility index (Phi) is 6.01. The van der Waals surface area contributed by atoms with Crippen LogP contribution in [0, 0.1) is 0 Å². The largest absolute Gasteiger partial charge is 0.495 e. The number of amides is 3. The van der Waals surface area contributed by atoms with Gasteiger partial charge in [-0.05, 0) is 24.3 Å². The molecule has 0 aliphatic carbocycles. The highest BCUT2D eigenvalue weighted by Gasteiger charge is 2.11. The van der Waals surface area contributed by atoms with Gasteiger partial charge in [0.05, 0.1) is 24.9 Å². The van der Waals surface area contributed by atoms with E-state index >= 15 is 0 Å². The molecule has 1 heterocycles. The Morgan fingerprint density at radius 2 is 1.74 bits per heavy atom. The van der Waals surface area contributed by atoms with Crippen LogP contribution in [0.15, 0.2) is 60.0 Å². The number of nitrogens with zero attached hydrogens (tertiary/aromatic N) is 1. The van der Waals surface area contributed by atoms with E-state index in [0.29, 0.717) is 22.3 Å². The zero-order chi connectivity index (χ0) is 19.1. The predicted molar refractivity (Wildman–Crippen MR) is 107 cm³/mol. The fraction of sp³-hybridized carbons (Fsp3) is 0.105. The number of urea groups is 1. The third-order valence-electron chi connectivity index (χ3n) is 3.53. The van der Waals surface area contributed by atoms with Crippen molar-refractivity contribution in [1.29, 1.82) is 0 Å². The van der Waals surface area contributed by atoms with Gasteiger partial charge in [0.2, 0.25) is 5.91 Å². The first-order chi connectivity index (χ1) is 13.1. The van der Waals surface area contributed by atoms with Crippen LogP contribution in [-0.2, 0) is 11.2 Å². The van der Waals surface area contributed by atoms with Crippen molar-refractivity contribution < 1.29 is 14.3 Å². The van der Waals surface area contributed by atoms with E-state index in [2.05, 4.69) is 20.9 Å². The van der Waals surface area contributed by atoms with Crippen LogP contribution in [0.1, 0.15) is 5.69 Å². The van der Waals surface area contributed by atoms with Crippen LogP contribution in [0.4, 0.5) is 21.3 Å². The molecule has 138 valence electrons. The van der Waals surface area contributed by atoms with Crippen molar-refractivity contribution in [1.82, 2.24) is 4.98 Å². The van der Waals surface area contributed by atoms with Gasteiger partial charge in [0.15, 0.2) is 5.13 Å². The number of methoxy groups -OCH3 is 1. The molecule has 0 fully saturated rings. The van der Waals surface area contributed by atoms with Gasteiger partial charge in [0, 0.05) is 11.1 Å². The van der Waals surface area contributed by atoms with E-state index in [1.807, 2.05) is 36.4 Å². The highest BCUT2D eigenvalue weighted by Crippen LogP contribution is 2.23. The minimum atomic E-state index is -0.436. The van der Waals surface area contributed by atoms with Gasteiger partial charge in [-0.1, -0.05) is 30.3 Å². The van der Waals surface area contributed by atoms with E-state index in [-0.39, 0.29) is 12.3 Å². The highest BCUT2D eigenvalue weighted by molar-refractivity contribution is 7.14. The van der Waals surface area contributed by atoms with Crippen LogP contribution in [0.3, 0.4) is 0 Å². The van der Waals surface area contributed by atoms with Crippen molar-refractivity contribution in [2.24, 2.45) is 0 Å². The third-order valence-corrected chi connectivity index (χ3v) is 4.33. The first-order valence-corrected chi connectivity index (χ1v) is 9.02. The SMILES string of the molecule is COc1ccccc1NC(=O)Nc1nc(CC(=O)Nc2ccccc2)cs1.